The van der Waals surface area contributed by atoms with E-state index in [1.807, 2.05) is 20.8 Å². The molecule has 1 N–H and O–H groups in total. The van der Waals surface area contributed by atoms with Gasteiger partial charge >= 0.3 is 5.97 Å². The maximum atomic E-state index is 10.9. The number of hydrogen-bond acceptors (Lipinski definition) is 3. The molecule has 0 radical (unpaired) electrons. The van der Waals surface area contributed by atoms with Gasteiger partial charge in [-0.3, -0.25) is 4.98 Å². The minimum Gasteiger partial charge on any atom is -0.478 e. The van der Waals surface area contributed by atoms with Crippen LogP contribution in [-0.4, -0.2) is 20.8 Å². The highest BCUT2D eigenvalue weighted by atomic mass is 32.2. The molecule has 0 unspecified atom stereocenters. The molecule has 0 saturated heterocycles. The van der Waals surface area contributed by atoms with Crippen molar-refractivity contribution in [2.45, 2.75) is 30.4 Å². The molecule has 1 aromatic rings. The average molecular weight is 211 g/mol. The molecule has 0 amide bonds. The smallest absolute Gasteiger partial charge is 0.336 e. The highest BCUT2D eigenvalue weighted by molar-refractivity contribution is 8.00. The Balaban J connectivity index is 3.02. The van der Waals surface area contributed by atoms with Crippen LogP contribution in [0.3, 0.4) is 0 Å². The first-order valence-electron chi connectivity index (χ1n) is 4.26. The number of rotatable bonds is 2. The number of thioether (sulfide) groups is 1. The predicted octanol–water partition coefficient (Wildman–Crippen LogP) is 2.67. The fraction of sp³-hybridized carbons (Fsp3) is 0.400. The predicted molar refractivity (Wildman–Crippen MR) is 56.8 cm³/mol. The minimum atomic E-state index is -0.904. The lowest BCUT2D eigenvalue weighted by Crippen LogP contribution is -2.09. The van der Waals surface area contributed by atoms with E-state index >= 15 is 0 Å². The standard InChI is InChI=1S/C10H13NO2S/c1-10(2,3)14-8-6-11-5-4-7(8)9(12)13/h4-6H,1-3H3,(H,12,13). The lowest BCUT2D eigenvalue weighted by Gasteiger charge is -2.18. The van der Waals surface area contributed by atoms with E-state index in [4.69, 9.17) is 5.11 Å². The number of aromatic nitrogens is 1. The van der Waals surface area contributed by atoms with Crippen LogP contribution in [-0.2, 0) is 0 Å². The SMILES string of the molecule is CC(C)(C)Sc1cnccc1C(=O)O. The van der Waals surface area contributed by atoms with Crippen LogP contribution < -0.4 is 0 Å². The Morgan fingerprint density at radius 1 is 1.50 bits per heavy atom. The second kappa shape index (κ2) is 4.00. The van der Waals surface area contributed by atoms with E-state index in [1.165, 1.54) is 24.0 Å². The van der Waals surface area contributed by atoms with E-state index in [0.717, 1.165) is 0 Å². The molecule has 76 valence electrons. The van der Waals surface area contributed by atoms with Crippen LogP contribution in [0, 0.1) is 0 Å². The molecule has 4 heteroatoms. The van der Waals surface area contributed by atoms with Crippen molar-refractivity contribution in [3.8, 4) is 0 Å². The molecule has 0 fully saturated rings. The fourth-order valence-electron chi connectivity index (χ4n) is 0.968. The van der Waals surface area contributed by atoms with Gasteiger partial charge in [0.05, 0.1) is 5.56 Å². The molecule has 0 bridgehead atoms. The third-order valence-corrected chi connectivity index (χ3v) is 2.59. The summed E-state index contributed by atoms with van der Waals surface area (Å²) in [6.45, 7) is 6.11. The van der Waals surface area contributed by atoms with Crippen molar-refractivity contribution in [1.82, 2.24) is 4.98 Å². The van der Waals surface area contributed by atoms with E-state index in [2.05, 4.69) is 4.98 Å². The maximum absolute atomic E-state index is 10.9. The number of hydrogen-bond donors (Lipinski definition) is 1. The van der Waals surface area contributed by atoms with Crippen molar-refractivity contribution in [3.05, 3.63) is 24.0 Å². The van der Waals surface area contributed by atoms with Crippen molar-refractivity contribution in [2.24, 2.45) is 0 Å². The molecular formula is C10H13NO2S. The van der Waals surface area contributed by atoms with Crippen LogP contribution in [0.4, 0.5) is 0 Å². The highest BCUT2D eigenvalue weighted by Crippen LogP contribution is 2.33. The molecule has 1 aromatic heterocycles. The lowest BCUT2D eigenvalue weighted by molar-refractivity contribution is 0.0693. The molecule has 0 aliphatic carbocycles. The highest BCUT2D eigenvalue weighted by Gasteiger charge is 2.17. The van der Waals surface area contributed by atoms with Crippen LogP contribution in [0.5, 0.6) is 0 Å². The molecule has 0 aromatic carbocycles. The molecule has 0 spiro atoms. The number of carboxylic acid groups (broad SMARTS) is 1. The van der Waals surface area contributed by atoms with Crippen LogP contribution in [0.1, 0.15) is 31.1 Å². The zero-order valence-corrected chi connectivity index (χ0v) is 9.26. The van der Waals surface area contributed by atoms with Crippen molar-refractivity contribution >= 4 is 17.7 Å². The summed E-state index contributed by atoms with van der Waals surface area (Å²) in [6, 6.07) is 1.52. The van der Waals surface area contributed by atoms with Crippen molar-refractivity contribution in [1.29, 1.82) is 0 Å². The molecular weight excluding hydrogens is 198 g/mol. The Bertz CT molecular complexity index is 344. The summed E-state index contributed by atoms with van der Waals surface area (Å²) >= 11 is 1.51. The third-order valence-electron chi connectivity index (χ3n) is 1.43. The number of pyridine rings is 1. The lowest BCUT2D eigenvalue weighted by atomic mass is 10.2. The van der Waals surface area contributed by atoms with Gasteiger partial charge in [0.1, 0.15) is 0 Å². The minimum absolute atomic E-state index is 0.00671. The van der Waals surface area contributed by atoms with Crippen LogP contribution >= 0.6 is 11.8 Å². The van der Waals surface area contributed by atoms with E-state index in [1.54, 1.807) is 6.20 Å². The van der Waals surface area contributed by atoms with Crippen molar-refractivity contribution in [3.63, 3.8) is 0 Å². The van der Waals surface area contributed by atoms with Crippen LogP contribution in [0.15, 0.2) is 23.4 Å². The van der Waals surface area contributed by atoms with E-state index in [9.17, 15) is 4.79 Å². The number of nitrogens with zero attached hydrogens (tertiary/aromatic N) is 1. The summed E-state index contributed by atoms with van der Waals surface area (Å²) in [5, 5.41) is 8.92. The number of carboxylic acids is 1. The van der Waals surface area contributed by atoms with Gasteiger partial charge in [0.15, 0.2) is 0 Å². The van der Waals surface area contributed by atoms with Gasteiger partial charge in [-0.1, -0.05) is 20.8 Å². The fourth-order valence-corrected chi connectivity index (χ4v) is 2.01. The van der Waals surface area contributed by atoms with Crippen LogP contribution in [0.2, 0.25) is 0 Å². The van der Waals surface area contributed by atoms with Gasteiger partial charge in [0.2, 0.25) is 0 Å². The van der Waals surface area contributed by atoms with E-state index in [-0.39, 0.29) is 4.75 Å². The van der Waals surface area contributed by atoms with Gasteiger partial charge in [0.25, 0.3) is 0 Å². The maximum Gasteiger partial charge on any atom is 0.336 e. The second-order valence-corrected chi connectivity index (χ2v) is 5.76. The van der Waals surface area contributed by atoms with Gasteiger partial charge in [-0.15, -0.1) is 11.8 Å². The monoisotopic (exact) mass is 211 g/mol. The molecule has 14 heavy (non-hydrogen) atoms. The van der Waals surface area contributed by atoms with Gasteiger partial charge in [-0.05, 0) is 6.07 Å². The Hall–Kier alpha value is -1.03. The molecule has 0 saturated carbocycles. The quantitative estimate of drug-likeness (QED) is 0.764. The Kier molecular flexibility index (Phi) is 3.16. The molecule has 1 rings (SSSR count). The van der Waals surface area contributed by atoms with Crippen LogP contribution in [0.25, 0.3) is 0 Å². The molecule has 0 aliphatic heterocycles. The normalized spacial score (nSPS) is 11.4. The molecule has 0 atom stereocenters. The second-order valence-electron chi connectivity index (χ2n) is 3.89. The zero-order chi connectivity index (χ0) is 10.8. The topological polar surface area (TPSA) is 50.2 Å². The molecule has 1 heterocycles. The first kappa shape index (κ1) is 11.0. The van der Waals surface area contributed by atoms with Gasteiger partial charge in [0, 0.05) is 22.0 Å². The van der Waals surface area contributed by atoms with Gasteiger partial charge in [-0.25, -0.2) is 4.79 Å². The average Bonchev–Trinajstić information content (AvgIpc) is 2.01. The molecule has 0 aliphatic rings. The molecule has 3 nitrogen and oxygen atoms in total. The third kappa shape index (κ3) is 3.03. The van der Waals surface area contributed by atoms with Crippen molar-refractivity contribution < 1.29 is 9.90 Å². The summed E-state index contributed by atoms with van der Waals surface area (Å²) < 4.78 is -0.00671. The van der Waals surface area contributed by atoms with Gasteiger partial charge in [-0.2, -0.15) is 0 Å². The number of aromatic carboxylic acids is 1. The summed E-state index contributed by atoms with van der Waals surface area (Å²) in [5.74, 6) is -0.904. The summed E-state index contributed by atoms with van der Waals surface area (Å²) in [5.41, 5.74) is 0.319. The summed E-state index contributed by atoms with van der Waals surface area (Å²) in [7, 11) is 0. The zero-order valence-electron chi connectivity index (χ0n) is 8.44. The Morgan fingerprint density at radius 3 is 2.64 bits per heavy atom. The number of carbonyl (C=O) groups is 1. The van der Waals surface area contributed by atoms with Crippen molar-refractivity contribution in [2.75, 3.05) is 0 Å². The largest absolute Gasteiger partial charge is 0.478 e. The van der Waals surface area contributed by atoms with E-state index < -0.39 is 5.97 Å². The Morgan fingerprint density at radius 2 is 2.14 bits per heavy atom. The van der Waals surface area contributed by atoms with Gasteiger partial charge < -0.3 is 5.11 Å². The first-order chi connectivity index (χ1) is 6.40. The Labute approximate surface area is 87.6 Å². The summed E-state index contributed by atoms with van der Waals surface area (Å²) in [4.78, 5) is 15.5. The first-order valence-corrected chi connectivity index (χ1v) is 5.08. The summed E-state index contributed by atoms with van der Waals surface area (Å²) in [6.07, 6.45) is 3.09. The van der Waals surface area contributed by atoms with E-state index in [0.29, 0.717) is 10.5 Å².